The summed E-state index contributed by atoms with van der Waals surface area (Å²) in [5, 5.41) is 3.29. The first-order chi connectivity index (χ1) is 8.11. The van der Waals surface area contributed by atoms with Crippen LogP contribution in [0.2, 0.25) is 0 Å². The van der Waals surface area contributed by atoms with E-state index < -0.39 is 0 Å². The minimum Gasteiger partial charge on any atom is -0.309 e. The maximum Gasteiger partial charge on any atom is 0.124 e. The smallest absolute Gasteiger partial charge is 0.124 e. The van der Waals surface area contributed by atoms with Gasteiger partial charge in [-0.15, -0.1) is 11.3 Å². The highest BCUT2D eigenvalue weighted by molar-refractivity contribution is 14.1. The average Bonchev–Trinajstić information content (AvgIpc) is 2.69. The molecular formula is C13H13FINS. The number of hydrogen-bond donors (Lipinski definition) is 1. The number of aryl methyl sites for hydroxylation is 1. The summed E-state index contributed by atoms with van der Waals surface area (Å²) in [5.41, 5.74) is 1.12. The molecule has 1 unspecified atom stereocenters. The molecule has 17 heavy (non-hydrogen) atoms. The molecule has 0 aliphatic rings. The fourth-order valence-corrected chi connectivity index (χ4v) is 3.59. The van der Waals surface area contributed by atoms with Gasteiger partial charge in [-0.25, -0.2) is 4.39 Å². The van der Waals surface area contributed by atoms with Crippen molar-refractivity contribution in [1.82, 2.24) is 5.32 Å². The fraction of sp³-hybridized carbons (Fsp3) is 0.231. The van der Waals surface area contributed by atoms with Gasteiger partial charge in [0.2, 0.25) is 0 Å². The zero-order valence-corrected chi connectivity index (χ0v) is 12.6. The lowest BCUT2D eigenvalue weighted by Gasteiger charge is -2.16. The van der Waals surface area contributed by atoms with Crippen molar-refractivity contribution in [3.05, 3.63) is 55.0 Å². The van der Waals surface area contributed by atoms with Crippen molar-refractivity contribution in [3.63, 3.8) is 0 Å². The molecule has 0 fully saturated rings. The molecule has 90 valence electrons. The fourth-order valence-electron chi connectivity index (χ4n) is 1.80. The van der Waals surface area contributed by atoms with Gasteiger partial charge in [0.15, 0.2) is 0 Å². The second kappa shape index (κ2) is 5.46. The minimum atomic E-state index is -0.185. The highest BCUT2D eigenvalue weighted by Crippen LogP contribution is 2.30. The molecule has 2 aromatic rings. The summed E-state index contributed by atoms with van der Waals surface area (Å²) < 4.78 is 14.1. The minimum absolute atomic E-state index is 0.140. The van der Waals surface area contributed by atoms with Gasteiger partial charge in [-0.05, 0) is 66.4 Å². The molecule has 2 rings (SSSR count). The summed E-state index contributed by atoms with van der Waals surface area (Å²) in [4.78, 5) is 2.55. The summed E-state index contributed by atoms with van der Waals surface area (Å²) in [6.45, 7) is 2.09. The summed E-state index contributed by atoms with van der Waals surface area (Å²) in [6, 6.07) is 9.32. The molecule has 0 bridgehead atoms. The molecular weight excluding hydrogens is 348 g/mol. The lowest BCUT2D eigenvalue weighted by Crippen LogP contribution is -2.17. The van der Waals surface area contributed by atoms with E-state index in [9.17, 15) is 4.39 Å². The van der Waals surface area contributed by atoms with Crippen molar-refractivity contribution < 1.29 is 4.39 Å². The van der Waals surface area contributed by atoms with E-state index in [1.165, 1.54) is 15.8 Å². The maximum absolute atomic E-state index is 13.1. The van der Waals surface area contributed by atoms with Crippen molar-refractivity contribution in [2.24, 2.45) is 0 Å². The van der Waals surface area contributed by atoms with Crippen LogP contribution in [-0.2, 0) is 0 Å². The molecule has 0 radical (unpaired) electrons. The predicted octanol–water partition coefficient (Wildman–Crippen LogP) is 4.11. The summed E-state index contributed by atoms with van der Waals surface area (Å²) in [6.07, 6.45) is 0. The SMILES string of the molecule is CNC(c1ccc(C)s1)c1ccc(F)cc1I. The van der Waals surface area contributed by atoms with Crippen LogP contribution in [0.15, 0.2) is 30.3 Å². The van der Waals surface area contributed by atoms with E-state index >= 15 is 0 Å². The van der Waals surface area contributed by atoms with Gasteiger partial charge in [0.05, 0.1) is 6.04 Å². The Morgan fingerprint density at radius 2 is 2.06 bits per heavy atom. The van der Waals surface area contributed by atoms with Crippen molar-refractivity contribution in [3.8, 4) is 0 Å². The first kappa shape index (κ1) is 13.0. The first-order valence-corrected chi connectivity index (χ1v) is 7.20. The highest BCUT2D eigenvalue weighted by Gasteiger charge is 2.16. The van der Waals surface area contributed by atoms with Crippen molar-refractivity contribution >= 4 is 33.9 Å². The normalized spacial score (nSPS) is 12.7. The van der Waals surface area contributed by atoms with E-state index in [4.69, 9.17) is 0 Å². The lowest BCUT2D eigenvalue weighted by atomic mass is 10.1. The van der Waals surface area contributed by atoms with Crippen molar-refractivity contribution in [2.45, 2.75) is 13.0 Å². The number of thiophene rings is 1. The van der Waals surface area contributed by atoms with Crippen LogP contribution in [0.25, 0.3) is 0 Å². The Morgan fingerprint density at radius 1 is 1.29 bits per heavy atom. The van der Waals surface area contributed by atoms with Gasteiger partial charge in [-0.3, -0.25) is 0 Å². The lowest BCUT2D eigenvalue weighted by molar-refractivity contribution is 0.622. The van der Waals surface area contributed by atoms with Gasteiger partial charge in [0.1, 0.15) is 5.82 Å². The third kappa shape index (κ3) is 2.86. The second-order valence-corrected chi connectivity index (χ2v) is 6.32. The van der Waals surface area contributed by atoms with Crippen LogP contribution in [0.3, 0.4) is 0 Å². The average molecular weight is 361 g/mol. The molecule has 1 heterocycles. The molecule has 1 aromatic heterocycles. The van der Waals surface area contributed by atoms with Gasteiger partial charge in [-0.2, -0.15) is 0 Å². The summed E-state index contributed by atoms with van der Waals surface area (Å²) in [7, 11) is 1.93. The molecule has 1 nitrogen and oxygen atoms in total. The van der Waals surface area contributed by atoms with Crippen LogP contribution in [0.4, 0.5) is 4.39 Å². The van der Waals surface area contributed by atoms with E-state index in [0.717, 1.165) is 9.13 Å². The van der Waals surface area contributed by atoms with Crippen LogP contribution < -0.4 is 5.32 Å². The van der Waals surface area contributed by atoms with Crippen LogP contribution in [-0.4, -0.2) is 7.05 Å². The van der Waals surface area contributed by atoms with Crippen LogP contribution in [0.5, 0.6) is 0 Å². The number of nitrogens with one attached hydrogen (secondary N) is 1. The quantitative estimate of drug-likeness (QED) is 0.812. The molecule has 0 saturated heterocycles. The second-order valence-electron chi connectivity index (χ2n) is 3.84. The Labute approximate surface area is 118 Å². The Hall–Kier alpha value is -0.460. The van der Waals surface area contributed by atoms with E-state index in [2.05, 4.69) is 47.0 Å². The topological polar surface area (TPSA) is 12.0 Å². The maximum atomic E-state index is 13.1. The number of hydrogen-bond acceptors (Lipinski definition) is 2. The van der Waals surface area contributed by atoms with Crippen molar-refractivity contribution in [2.75, 3.05) is 7.05 Å². The summed E-state index contributed by atoms with van der Waals surface area (Å²) in [5.74, 6) is -0.185. The molecule has 0 aliphatic heterocycles. The van der Waals surface area contributed by atoms with E-state index in [-0.39, 0.29) is 11.9 Å². The molecule has 4 heteroatoms. The van der Waals surface area contributed by atoms with Gasteiger partial charge in [0, 0.05) is 13.3 Å². The largest absolute Gasteiger partial charge is 0.309 e. The Morgan fingerprint density at radius 3 is 2.59 bits per heavy atom. The molecule has 0 saturated carbocycles. The van der Waals surface area contributed by atoms with Crippen LogP contribution >= 0.6 is 33.9 Å². The molecule has 1 atom stereocenters. The van der Waals surface area contributed by atoms with Crippen molar-refractivity contribution in [1.29, 1.82) is 0 Å². The highest BCUT2D eigenvalue weighted by atomic mass is 127. The number of rotatable bonds is 3. The number of halogens is 2. The van der Waals surface area contributed by atoms with Gasteiger partial charge in [-0.1, -0.05) is 6.07 Å². The van der Waals surface area contributed by atoms with Crippen LogP contribution in [0.1, 0.15) is 21.4 Å². The van der Waals surface area contributed by atoms with E-state index in [1.54, 1.807) is 17.4 Å². The van der Waals surface area contributed by atoms with Gasteiger partial charge >= 0.3 is 0 Å². The third-order valence-corrected chi connectivity index (χ3v) is 4.61. The van der Waals surface area contributed by atoms with Gasteiger partial charge in [0.25, 0.3) is 0 Å². The number of benzene rings is 1. The Kier molecular flexibility index (Phi) is 4.17. The Balaban J connectivity index is 2.42. The molecule has 0 amide bonds. The molecule has 0 spiro atoms. The first-order valence-electron chi connectivity index (χ1n) is 5.30. The Bertz CT molecular complexity index is 524. The summed E-state index contributed by atoms with van der Waals surface area (Å²) >= 11 is 3.95. The van der Waals surface area contributed by atoms with Gasteiger partial charge < -0.3 is 5.32 Å². The molecule has 0 aliphatic carbocycles. The zero-order chi connectivity index (χ0) is 12.4. The molecule has 1 aromatic carbocycles. The third-order valence-electron chi connectivity index (χ3n) is 2.61. The predicted molar refractivity (Wildman–Crippen MR) is 79.1 cm³/mol. The standard InChI is InChI=1S/C13H13FINS/c1-8-3-6-12(17-8)13(16-2)10-5-4-9(14)7-11(10)15/h3-7,13,16H,1-2H3. The van der Waals surface area contributed by atoms with E-state index in [1.807, 2.05) is 13.1 Å². The monoisotopic (exact) mass is 361 g/mol. The zero-order valence-electron chi connectivity index (χ0n) is 9.63. The molecule has 1 N–H and O–H groups in total. The van der Waals surface area contributed by atoms with E-state index in [0.29, 0.717) is 0 Å². The van der Waals surface area contributed by atoms with Crippen LogP contribution in [0, 0.1) is 16.3 Å².